The van der Waals surface area contributed by atoms with Crippen molar-refractivity contribution in [1.29, 1.82) is 0 Å². The van der Waals surface area contributed by atoms with Crippen LogP contribution in [-0.4, -0.2) is 101 Å². The van der Waals surface area contributed by atoms with Crippen LogP contribution in [0, 0.1) is 23.5 Å². The molecule has 0 bridgehead atoms. The molecule has 2 saturated heterocycles. The lowest BCUT2D eigenvalue weighted by Crippen LogP contribution is -2.49. The van der Waals surface area contributed by atoms with E-state index in [4.69, 9.17) is 40.5 Å². The van der Waals surface area contributed by atoms with E-state index in [0.717, 1.165) is 47.9 Å². The largest absolute Gasteiger partial charge is 0.490 e. The minimum absolute atomic E-state index is 0.0318. The van der Waals surface area contributed by atoms with E-state index in [-0.39, 0.29) is 71.1 Å². The highest BCUT2D eigenvalue weighted by Gasteiger charge is 2.57. The first kappa shape index (κ1) is 56.4. The van der Waals surface area contributed by atoms with Gasteiger partial charge >= 0.3 is 19.5 Å². The molecule has 76 heavy (non-hydrogen) atoms. The van der Waals surface area contributed by atoms with Crippen molar-refractivity contribution >= 4 is 52.2 Å². The zero-order chi connectivity index (χ0) is 55.7. The topological polar surface area (TPSA) is 195 Å². The summed E-state index contributed by atoms with van der Waals surface area (Å²) in [5, 5.41) is 17.1. The summed E-state index contributed by atoms with van der Waals surface area (Å²) in [4.78, 5) is 38.6. The molecular formula is C52H56BBrF8N6O8. The summed E-state index contributed by atoms with van der Waals surface area (Å²) in [6, 6.07) is 14.2. The highest BCUT2D eigenvalue weighted by atomic mass is 79.9. The number of nitrogens with two attached hydrogens (primary N) is 2. The first-order chi connectivity index (χ1) is 35.3. The molecule has 6 N–H and O–H groups in total. The van der Waals surface area contributed by atoms with Crippen LogP contribution in [0.4, 0.5) is 35.1 Å². The second kappa shape index (κ2) is 20.5. The van der Waals surface area contributed by atoms with E-state index in [2.05, 4.69) is 39.8 Å². The number of amides is 2. The second-order valence-corrected chi connectivity index (χ2v) is 22.0. The van der Waals surface area contributed by atoms with Gasteiger partial charge in [0, 0.05) is 67.6 Å². The van der Waals surface area contributed by atoms with Crippen LogP contribution < -0.4 is 26.4 Å². The van der Waals surface area contributed by atoms with E-state index in [1.54, 1.807) is 25.2 Å². The standard InChI is InChI=1S/C26H27F4N3O3.C19H24BrN3O3.C7H5BF4O2/c1-24(2)12-15(6-7-35-24)21-13-25(22(34)33(3)23(31)32-25)19-10-14(4-5-20(19)36-21)16-8-17(26(28,29)30)11-18(27)9-16;1-18(2)9-11(6-7-25-18)15-10-19(16(24)23(3)17(21)22-19)13-8-12(20)4-5-14(13)26-15;9-6-2-4(7(10,11)12)1-5(3-6)8(13)14/h4-5,8-11,15,21H,6-7,12-13H2,1-3H3,(H2,31,32);4-5,8,11,15H,6-7,9-10H2,1-3H3,(H2,21,22);1-3,13-14H. The molecule has 6 atom stereocenters. The number of benzene rings is 4. The van der Waals surface area contributed by atoms with Crippen molar-refractivity contribution in [1.82, 2.24) is 9.80 Å². The molecule has 2 spiro atoms. The van der Waals surface area contributed by atoms with Crippen molar-refractivity contribution in [2.75, 3.05) is 27.3 Å². The second-order valence-electron chi connectivity index (χ2n) is 21.1. The molecule has 10 rings (SSSR count). The molecule has 6 aliphatic heterocycles. The zero-order valence-electron chi connectivity index (χ0n) is 42.2. The summed E-state index contributed by atoms with van der Waals surface area (Å²) >= 11 is 3.50. The molecule has 408 valence electrons. The molecule has 14 nitrogen and oxygen atoms in total. The Morgan fingerprint density at radius 2 is 1.08 bits per heavy atom. The maximum atomic E-state index is 14.1. The Morgan fingerprint density at radius 1 is 0.632 bits per heavy atom. The van der Waals surface area contributed by atoms with Crippen molar-refractivity contribution < 1.29 is 73.7 Å². The number of ether oxygens (including phenoxy) is 4. The van der Waals surface area contributed by atoms with Crippen LogP contribution in [0.2, 0.25) is 0 Å². The van der Waals surface area contributed by atoms with E-state index in [9.17, 15) is 44.7 Å². The Hall–Kier alpha value is -5.82. The third kappa shape index (κ3) is 11.4. The fourth-order valence-corrected chi connectivity index (χ4v) is 11.2. The van der Waals surface area contributed by atoms with Crippen LogP contribution in [0.25, 0.3) is 11.1 Å². The smallest absolute Gasteiger partial charge is 0.488 e. The Kier molecular flexibility index (Phi) is 15.2. The lowest BCUT2D eigenvalue weighted by Gasteiger charge is -2.44. The van der Waals surface area contributed by atoms with Gasteiger partial charge in [0.15, 0.2) is 23.0 Å². The van der Waals surface area contributed by atoms with Gasteiger partial charge in [-0.1, -0.05) is 28.1 Å². The monoisotopic (exact) mass is 1130 g/mol. The summed E-state index contributed by atoms with van der Waals surface area (Å²) < 4.78 is 128. The first-order valence-corrected chi connectivity index (χ1v) is 25.1. The molecule has 0 aliphatic carbocycles. The highest BCUT2D eigenvalue weighted by Crippen LogP contribution is 2.52. The van der Waals surface area contributed by atoms with Crippen LogP contribution in [-0.2, 0) is 42.5 Å². The van der Waals surface area contributed by atoms with Gasteiger partial charge < -0.3 is 40.5 Å². The number of guanidine groups is 2. The lowest BCUT2D eigenvalue weighted by atomic mass is 9.74. The molecule has 2 fully saturated rings. The van der Waals surface area contributed by atoms with Crippen molar-refractivity contribution in [3.8, 4) is 22.6 Å². The Balaban J connectivity index is 0.000000167. The Labute approximate surface area is 441 Å². The number of aliphatic imine (C=N–C) groups is 2. The molecule has 0 radical (unpaired) electrons. The SMILES string of the molecule is CN1C(=O)C2(CC(C3CCOC(C)(C)C3)Oc3ccc(-c4cc(F)cc(C(F)(F)F)c4)cc32)N=C1N.CN1C(=O)C2(CC(C3CCOC(C)(C)C3)Oc3ccc(Br)cc32)N=C1N.OB(O)c1cc(F)cc(C(F)(F)F)c1. The quantitative estimate of drug-likeness (QED) is 0.114. The fourth-order valence-electron chi connectivity index (χ4n) is 10.9. The van der Waals surface area contributed by atoms with Crippen molar-refractivity contribution in [2.45, 2.75) is 113 Å². The van der Waals surface area contributed by atoms with Crippen molar-refractivity contribution in [3.63, 3.8) is 0 Å². The van der Waals surface area contributed by atoms with Gasteiger partial charge in [-0.05, 0) is 131 Å². The summed E-state index contributed by atoms with van der Waals surface area (Å²) in [6.07, 6.45) is -5.83. The van der Waals surface area contributed by atoms with E-state index in [0.29, 0.717) is 66.4 Å². The molecule has 0 saturated carbocycles. The number of likely N-dealkylation sites (N-methyl/N-ethyl adjacent to an activating group) is 2. The van der Waals surface area contributed by atoms with Crippen LogP contribution >= 0.6 is 15.9 Å². The van der Waals surface area contributed by atoms with Gasteiger partial charge in [0.05, 0.1) is 22.3 Å². The molecule has 2 amide bonds. The summed E-state index contributed by atoms with van der Waals surface area (Å²) in [6.45, 7) is 9.50. The summed E-state index contributed by atoms with van der Waals surface area (Å²) in [5.41, 5.74) is 7.83. The number of alkyl halides is 6. The molecule has 6 heterocycles. The highest BCUT2D eigenvalue weighted by molar-refractivity contribution is 9.10. The van der Waals surface area contributed by atoms with Crippen LogP contribution in [0.5, 0.6) is 11.5 Å². The Bertz CT molecular complexity index is 2980. The van der Waals surface area contributed by atoms with Gasteiger partial charge in [-0.15, -0.1) is 0 Å². The van der Waals surface area contributed by atoms with Crippen LogP contribution in [0.3, 0.4) is 0 Å². The van der Waals surface area contributed by atoms with Crippen molar-refractivity contribution in [2.24, 2.45) is 33.3 Å². The predicted octanol–water partition coefficient (Wildman–Crippen LogP) is 8.16. The van der Waals surface area contributed by atoms with Crippen molar-refractivity contribution in [3.05, 3.63) is 111 Å². The first-order valence-electron chi connectivity index (χ1n) is 24.3. The van der Waals surface area contributed by atoms with Gasteiger partial charge in [-0.3, -0.25) is 19.4 Å². The molecular weight excluding hydrogens is 1080 g/mol. The number of halogens is 9. The minimum atomic E-state index is -4.71. The summed E-state index contributed by atoms with van der Waals surface area (Å²) in [7, 11) is 1.09. The number of hydrogen-bond donors (Lipinski definition) is 4. The molecule has 0 aromatic heterocycles. The Morgan fingerprint density at radius 3 is 1.51 bits per heavy atom. The maximum Gasteiger partial charge on any atom is 0.488 e. The number of nitrogens with zero attached hydrogens (tertiary/aromatic N) is 4. The van der Waals surface area contributed by atoms with Gasteiger partial charge in [0.25, 0.3) is 11.8 Å². The molecule has 24 heteroatoms. The van der Waals surface area contributed by atoms with Gasteiger partial charge in [0.1, 0.15) is 35.3 Å². The zero-order valence-corrected chi connectivity index (χ0v) is 43.7. The number of hydrogen-bond acceptors (Lipinski definition) is 12. The van der Waals surface area contributed by atoms with E-state index in [1.165, 1.54) is 16.8 Å². The predicted molar refractivity (Wildman–Crippen MR) is 268 cm³/mol. The maximum absolute atomic E-state index is 14.1. The third-order valence-corrected chi connectivity index (χ3v) is 15.1. The minimum Gasteiger partial charge on any atom is -0.490 e. The molecule has 4 aromatic carbocycles. The average molecular weight is 1140 g/mol. The van der Waals surface area contributed by atoms with Gasteiger partial charge in [-0.25, -0.2) is 18.8 Å². The van der Waals surface area contributed by atoms with E-state index in [1.807, 2.05) is 32.0 Å². The number of fused-ring (bicyclic) bond motifs is 4. The summed E-state index contributed by atoms with van der Waals surface area (Å²) in [5.74, 6) is -0.757. The number of carbonyl (C=O) groups excluding carboxylic acids is 2. The molecule has 4 aromatic rings. The fraction of sp³-hybridized carbons (Fsp3) is 0.462. The number of rotatable bonds is 4. The number of carbonyl (C=O) groups is 2. The lowest BCUT2D eigenvalue weighted by molar-refractivity contribution is -0.138. The molecule has 6 aliphatic rings. The van der Waals surface area contributed by atoms with Gasteiger partial charge in [0.2, 0.25) is 0 Å². The molecule has 6 unspecified atom stereocenters. The normalized spacial score (nSPS) is 26.5. The van der Waals surface area contributed by atoms with Crippen LogP contribution in [0.15, 0.2) is 87.3 Å². The average Bonchev–Trinajstić information content (AvgIpc) is 3.72. The van der Waals surface area contributed by atoms with Gasteiger partial charge in [-0.2, -0.15) is 26.3 Å². The van der Waals surface area contributed by atoms with Crippen LogP contribution in [0.1, 0.15) is 88.5 Å². The van der Waals surface area contributed by atoms with E-state index < -0.39 is 58.8 Å². The third-order valence-electron chi connectivity index (χ3n) is 14.6. The van der Waals surface area contributed by atoms with E-state index >= 15 is 0 Å².